The molecule has 0 bridgehead atoms. The fraction of sp³-hybridized carbons (Fsp3) is 0.300. The molecule has 74 valence electrons. The lowest BCUT2D eigenvalue weighted by Gasteiger charge is -2.03. The summed E-state index contributed by atoms with van der Waals surface area (Å²) in [6.45, 7) is 1.92. The van der Waals surface area contributed by atoms with E-state index < -0.39 is 0 Å². The third-order valence-electron chi connectivity index (χ3n) is 2.08. The topological polar surface area (TPSA) is 43.3 Å². The zero-order chi connectivity index (χ0) is 10.1. The smallest absolute Gasteiger partial charge is 0.126 e. The van der Waals surface area contributed by atoms with Crippen LogP contribution in [0.3, 0.4) is 0 Å². The maximum absolute atomic E-state index is 12.8. The fourth-order valence-corrected chi connectivity index (χ4v) is 1.47. The first kappa shape index (κ1) is 9.15. The van der Waals surface area contributed by atoms with Crippen LogP contribution in [0.5, 0.6) is 0 Å². The summed E-state index contributed by atoms with van der Waals surface area (Å²) in [4.78, 5) is 4.19. The average molecular weight is 193 g/mol. The van der Waals surface area contributed by atoms with E-state index in [0.717, 1.165) is 11.3 Å². The molecule has 0 saturated heterocycles. The molecule has 3 nitrogen and oxygen atoms in total. The first-order valence-electron chi connectivity index (χ1n) is 4.54. The molecule has 2 heterocycles. The van der Waals surface area contributed by atoms with Crippen molar-refractivity contribution in [3.63, 3.8) is 0 Å². The second-order valence-corrected chi connectivity index (χ2v) is 3.50. The Hall–Kier alpha value is -1.42. The number of pyridine rings is 1. The summed E-state index contributed by atoms with van der Waals surface area (Å²) in [5, 5.41) is 0. The standard InChI is InChI=1S/C10H12FN3/c1-7(12)4-10-13-6-9-5-8(11)2-3-14(9)10/h2-3,5-7H,4,12H2,1H3. The van der Waals surface area contributed by atoms with Crippen LogP contribution >= 0.6 is 0 Å². The summed E-state index contributed by atoms with van der Waals surface area (Å²) < 4.78 is 14.7. The van der Waals surface area contributed by atoms with Crippen molar-refractivity contribution in [1.82, 2.24) is 9.38 Å². The Morgan fingerprint density at radius 1 is 1.64 bits per heavy atom. The Balaban J connectivity index is 2.47. The molecule has 2 N–H and O–H groups in total. The van der Waals surface area contributed by atoms with Gasteiger partial charge in [-0.25, -0.2) is 9.37 Å². The van der Waals surface area contributed by atoms with Crippen molar-refractivity contribution in [3.8, 4) is 0 Å². The highest BCUT2D eigenvalue weighted by molar-refractivity contribution is 5.46. The van der Waals surface area contributed by atoms with Gasteiger partial charge in [0.05, 0.1) is 11.7 Å². The number of hydrogen-bond acceptors (Lipinski definition) is 2. The van der Waals surface area contributed by atoms with Crippen molar-refractivity contribution < 1.29 is 4.39 Å². The van der Waals surface area contributed by atoms with Gasteiger partial charge in [-0.15, -0.1) is 0 Å². The summed E-state index contributed by atoms with van der Waals surface area (Å²) in [7, 11) is 0. The molecule has 0 radical (unpaired) electrons. The lowest BCUT2D eigenvalue weighted by atomic mass is 10.2. The molecular formula is C10H12FN3. The van der Waals surface area contributed by atoms with Gasteiger partial charge in [-0.2, -0.15) is 0 Å². The van der Waals surface area contributed by atoms with Crippen molar-refractivity contribution in [2.45, 2.75) is 19.4 Å². The third kappa shape index (κ3) is 1.61. The van der Waals surface area contributed by atoms with Crippen LogP contribution in [-0.2, 0) is 6.42 Å². The van der Waals surface area contributed by atoms with E-state index in [2.05, 4.69) is 4.98 Å². The molecule has 0 saturated carbocycles. The molecule has 0 amide bonds. The first-order chi connectivity index (χ1) is 6.66. The van der Waals surface area contributed by atoms with Crippen LogP contribution < -0.4 is 5.73 Å². The number of aromatic nitrogens is 2. The van der Waals surface area contributed by atoms with E-state index in [0.29, 0.717) is 6.42 Å². The minimum atomic E-state index is -0.246. The lowest BCUT2D eigenvalue weighted by Crippen LogP contribution is -2.19. The largest absolute Gasteiger partial charge is 0.328 e. The Morgan fingerprint density at radius 2 is 2.43 bits per heavy atom. The van der Waals surface area contributed by atoms with Crippen LogP contribution in [-0.4, -0.2) is 15.4 Å². The van der Waals surface area contributed by atoms with Crippen molar-refractivity contribution in [3.05, 3.63) is 36.2 Å². The van der Waals surface area contributed by atoms with Crippen molar-refractivity contribution >= 4 is 5.52 Å². The second kappa shape index (κ2) is 3.38. The Bertz CT molecular complexity index is 448. The van der Waals surface area contributed by atoms with Crippen LogP contribution in [0.15, 0.2) is 24.5 Å². The predicted octanol–water partition coefficient (Wildman–Crippen LogP) is 1.36. The van der Waals surface area contributed by atoms with E-state index >= 15 is 0 Å². The summed E-state index contributed by atoms with van der Waals surface area (Å²) in [5.41, 5.74) is 6.44. The van der Waals surface area contributed by atoms with Crippen LogP contribution in [0.2, 0.25) is 0 Å². The summed E-state index contributed by atoms with van der Waals surface area (Å²) >= 11 is 0. The van der Waals surface area contributed by atoms with Gasteiger partial charge in [-0.05, 0) is 19.1 Å². The second-order valence-electron chi connectivity index (χ2n) is 3.50. The minimum Gasteiger partial charge on any atom is -0.328 e. The third-order valence-corrected chi connectivity index (χ3v) is 2.08. The zero-order valence-corrected chi connectivity index (χ0v) is 7.94. The van der Waals surface area contributed by atoms with Gasteiger partial charge in [0.15, 0.2) is 0 Å². The van der Waals surface area contributed by atoms with Crippen molar-refractivity contribution in [2.75, 3.05) is 0 Å². The molecule has 2 aromatic heterocycles. The average Bonchev–Trinajstić information content (AvgIpc) is 2.47. The lowest BCUT2D eigenvalue weighted by molar-refractivity contribution is 0.625. The van der Waals surface area contributed by atoms with E-state index in [4.69, 9.17) is 5.73 Å². The molecule has 0 aliphatic carbocycles. The molecule has 0 aliphatic rings. The normalized spacial score (nSPS) is 13.4. The summed E-state index contributed by atoms with van der Waals surface area (Å²) in [5.74, 6) is 0.625. The van der Waals surface area contributed by atoms with Gasteiger partial charge in [-0.1, -0.05) is 0 Å². The van der Waals surface area contributed by atoms with E-state index in [1.54, 1.807) is 12.4 Å². The Morgan fingerprint density at radius 3 is 3.14 bits per heavy atom. The highest BCUT2D eigenvalue weighted by Crippen LogP contribution is 2.09. The molecular weight excluding hydrogens is 181 g/mol. The van der Waals surface area contributed by atoms with Gasteiger partial charge in [0.25, 0.3) is 0 Å². The van der Waals surface area contributed by atoms with Gasteiger partial charge < -0.3 is 10.1 Å². The molecule has 1 unspecified atom stereocenters. The van der Waals surface area contributed by atoms with Crippen LogP contribution in [0.4, 0.5) is 4.39 Å². The zero-order valence-electron chi connectivity index (χ0n) is 7.94. The first-order valence-corrected chi connectivity index (χ1v) is 4.54. The van der Waals surface area contributed by atoms with E-state index in [1.165, 1.54) is 12.1 Å². The molecule has 1 atom stereocenters. The molecule has 0 aliphatic heterocycles. The van der Waals surface area contributed by atoms with Crippen LogP contribution in [0.25, 0.3) is 5.52 Å². The molecule has 0 aromatic carbocycles. The molecule has 2 rings (SSSR count). The SMILES string of the molecule is CC(N)Cc1ncc2cc(F)ccn12. The monoisotopic (exact) mass is 193 g/mol. The van der Waals surface area contributed by atoms with Gasteiger partial charge in [0, 0.05) is 18.7 Å². The van der Waals surface area contributed by atoms with Crippen molar-refractivity contribution in [1.29, 1.82) is 0 Å². The van der Waals surface area contributed by atoms with Gasteiger partial charge in [0.1, 0.15) is 11.6 Å². The van der Waals surface area contributed by atoms with E-state index in [-0.39, 0.29) is 11.9 Å². The predicted molar refractivity (Wildman–Crippen MR) is 52.5 cm³/mol. The maximum atomic E-state index is 12.8. The number of nitrogens with two attached hydrogens (primary N) is 1. The Labute approximate surface area is 81.4 Å². The number of rotatable bonds is 2. The number of hydrogen-bond donors (Lipinski definition) is 1. The number of imidazole rings is 1. The van der Waals surface area contributed by atoms with Gasteiger partial charge in [-0.3, -0.25) is 0 Å². The quantitative estimate of drug-likeness (QED) is 0.782. The number of nitrogens with zero attached hydrogens (tertiary/aromatic N) is 2. The fourth-order valence-electron chi connectivity index (χ4n) is 1.47. The van der Waals surface area contributed by atoms with Crippen molar-refractivity contribution in [2.24, 2.45) is 5.73 Å². The summed E-state index contributed by atoms with van der Waals surface area (Å²) in [6.07, 6.45) is 4.02. The van der Waals surface area contributed by atoms with Crippen LogP contribution in [0, 0.1) is 5.82 Å². The van der Waals surface area contributed by atoms with Crippen LogP contribution in [0.1, 0.15) is 12.7 Å². The molecule has 0 fully saturated rings. The number of halogens is 1. The van der Waals surface area contributed by atoms with E-state index in [9.17, 15) is 4.39 Å². The highest BCUT2D eigenvalue weighted by atomic mass is 19.1. The molecule has 14 heavy (non-hydrogen) atoms. The van der Waals surface area contributed by atoms with E-state index in [1.807, 2.05) is 11.3 Å². The minimum absolute atomic E-state index is 0.0608. The number of fused-ring (bicyclic) bond motifs is 1. The Kier molecular flexibility index (Phi) is 2.21. The summed E-state index contributed by atoms with van der Waals surface area (Å²) in [6, 6.07) is 2.93. The van der Waals surface area contributed by atoms with Gasteiger partial charge in [0.2, 0.25) is 0 Å². The maximum Gasteiger partial charge on any atom is 0.126 e. The molecule has 2 aromatic rings. The van der Waals surface area contributed by atoms with Gasteiger partial charge >= 0.3 is 0 Å². The molecule has 4 heteroatoms. The molecule has 0 spiro atoms. The highest BCUT2D eigenvalue weighted by Gasteiger charge is 2.05.